The lowest BCUT2D eigenvalue weighted by atomic mass is 10.1. The summed E-state index contributed by atoms with van der Waals surface area (Å²) in [5, 5.41) is 6.74. The lowest BCUT2D eigenvalue weighted by Gasteiger charge is -2.04. The molecule has 0 aliphatic carbocycles. The Hall–Kier alpha value is -1.19. The van der Waals surface area contributed by atoms with Crippen LogP contribution in [0.25, 0.3) is 11.3 Å². The summed E-state index contributed by atoms with van der Waals surface area (Å²) in [6, 6.07) is 8.70. The van der Waals surface area contributed by atoms with Crippen LogP contribution in [0.15, 0.2) is 29.6 Å². The van der Waals surface area contributed by atoms with Crippen molar-refractivity contribution in [2.75, 3.05) is 6.54 Å². The van der Waals surface area contributed by atoms with Crippen LogP contribution in [-0.2, 0) is 13.0 Å². The average Bonchev–Trinajstić information content (AvgIpc) is 2.87. The van der Waals surface area contributed by atoms with Crippen LogP contribution in [0.1, 0.15) is 31.3 Å². The van der Waals surface area contributed by atoms with Crippen LogP contribution in [0.5, 0.6) is 0 Å². The largest absolute Gasteiger partial charge is 0.310 e. The van der Waals surface area contributed by atoms with E-state index in [2.05, 4.69) is 60.7 Å². The summed E-state index contributed by atoms with van der Waals surface area (Å²) < 4.78 is 0. The van der Waals surface area contributed by atoms with E-state index in [0.29, 0.717) is 5.92 Å². The van der Waals surface area contributed by atoms with E-state index in [0.717, 1.165) is 30.2 Å². The third kappa shape index (κ3) is 4.15. The summed E-state index contributed by atoms with van der Waals surface area (Å²) in [6.45, 7) is 8.53. The minimum atomic E-state index is 0.682. The Morgan fingerprint density at radius 2 is 1.95 bits per heavy atom. The Labute approximate surface area is 119 Å². The third-order valence-electron chi connectivity index (χ3n) is 3.04. The lowest BCUT2D eigenvalue weighted by Crippen LogP contribution is -2.18. The molecule has 2 nitrogen and oxygen atoms in total. The van der Waals surface area contributed by atoms with E-state index in [1.165, 1.54) is 11.1 Å². The highest BCUT2D eigenvalue weighted by Gasteiger charge is 2.04. The van der Waals surface area contributed by atoms with Gasteiger partial charge in [0.1, 0.15) is 5.01 Å². The van der Waals surface area contributed by atoms with Crippen molar-refractivity contribution < 1.29 is 0 Å². The molecule has 0 saturated heterocycles. The average molecular weight is 274 g/mol. The monoisotopic (exact) mass is 274 g/mol. The molecule has 3 heteroatoms. The molecular formula is C16H22N2S. The zero-order valence-corrected chi connectivity index (χ0v) is 12.8. The predicted octanol–water partition coefficient (Wildman–Crippen LogP) is 4.12. The fourth-order valence-corrected chi connectivity index (χ4v) is 2.68. The van der Waals surface area contributed by atoms with Crippen molar-refractivity contribution in [1.29, 1.82) is 0 Å². The number of hydrogen-bond acceptors (Lipinski definition) is 3. The second-order valence-corrected chi connectivity index (χ2v) is 6.14. The number of rotatable bonds is 6. The van der Waals surface area contributed by atoms with Crippen molar-refractivity contribution in [2.45, 2.75) is 33.7 Å². The second-order valence-electron chi connectivity index (χ2n) is 5.20. The number of aromatic nitrogens is 1. The van der Waals surface area contributed by atoms with E-state index in [-0.39, 0.29) is 0 Å². The Morgan fingerprint density at radius 1 is 1.21 bits per heavy atom. The van der Waals surface area contributed by atoms with Crippen molar-refractivity contribution in [3.05, 3.63) is 40.2 Å². The SMILES string of the molecule is CCc1ccc(-c2csc(CNCC(C)C)n2)cc1. The van der Waals surface area contributed by atoms with E-state index in [1.54, 1.807) is 11.3 Å². The van der Waals surface area contributed by atoms with E-state index in [1.807, 2.05) is 0 Å². The molecule has 0 saturated carbocycles. The van der Waals surface area contributed by atoms with Gasteiger partial charge in [-0.25, -0.2) is 4.98 Å². The van der Waals surface area contributed by atoms with Gasteiger partial charge >= 0.3 is 0 Å². The lowest BCUT2D eigenvalue weighted by molar-refractivity contribution is 0.551. The molecule has 102 valence electrons. The standard InChI is InChI=1S/C16H22N2S/c1-4-13-5-7-14(8-6-13)15-11-19-16(18-15)10-17-9-12(2)3/h5-8,11-12,17H,4,9-10H2,1-3H3. The number of nitrogens with zero attached hydrogens (tertiary/aromatic N) is 1. The van der Waals surface area contributed by atoms with Gasteiger partial charge < -0.3 is 5.32 Å². The van der Waals surface area contributed by atoms with Crippen molar-refractivity contribution in [3.8, 4) is 11.3 Å². The normalized spacial score (nSPS) is 11.2. The maximum absolute atomic E-state index is 4.69. The smallest absolute Gasteiger partial charge is 0.107 e. The summed E-state index contributed by atoms with van der Waals surface area (Å²) in [5.41, 5.74) is 3.68. The first-order valence-electron chi connectivity index (χ1n) is 6.93. The number of nitrogens with one attached hydrogen (secondary N) is 1. The van der Waals surface area contributed by atoms with Crippen LogP contribution >= 0.6 is 11.3 Å². The highest BCUT2D eigenvalue weighted by Crippen LogP contribution is 2.22. The molecular weight excluding hydrogens is 252 g/mol. The maximum Gasteiger partial charge on any atom is 0.107 e. The maximum atomic E-state index is 4.69. The van der Waals surface area contributed by atoms with Crippen LogP contribution < -0.4 is 5.32 Å². The molecule has 0 spiro atoms. The van der Waals surface area contributed by atoms with E-state index >= 15 is 0 Å². The summed E-state index contributed by atoms with van der Waals surface area (Å²) >= 11 is 1.73. The number of thiazole rings is 1. The molecule has 19 heavy (non-hydrogen) atoms. The van der Waals surface area contributed by atoms with Gasteiger partial charge in [0.2, 0.25) is 0 Å². The van der Waals surface area contributed by atoms with Gasteiger partial charge in [-0.15, -0.1) is 11.3 Å². The van der Waals surface area contributed by atoms with E-state index in [4.69, 9.17) is 0 Å². The molecule has 0 bridgehead atoms. The zero-order valence-electron chi connectivity index (χ0n) is 11.9. The zero-order chi connectivity index (χ0) is 13.7. The van der Waals surface area contributed by atoms with Crippen molar-refractivity contribution in [1.82, 2.24) is 10.3 Å². The molecule has 2 aromatic rings. The van der Waals surface area contributed by atoms with Gasteiger partial charge in [-0.1, -0.05) is 45.0 Å². The molecule has 0 radical (unpaired) electrons. The first-order valence-corrected chi connectivity index (χ1v) is 7.81. The molecule has 2 rings (SSSR count). The van der Waals surface area contributed by atoms with Gasteiger partial charge in [0.25, 0.3) is 0 Å². The molecule has 0 fully saturated rings. The first kappa shape index (κ1) is 14.2. The van der Waals surface area contributed by atoms with Gasteiger partial charge in [-0.2, -0.15) is 0 Å². The second kappa shape index (κ2) is 6.83. The number of hydrogen-bond donors (Lipinski definition) is 1. The first-order chi connectivity index (χ1) is 9.19. The van der Waals surface area contributed by atoms with Crippen LogP contribution in [0.4, 0.5) is 0 Å². The van der Waals surface area contributed by atoms with Crippen molar-refractivity contribution in [3.63, 3.8) is 0 Å². The molecule has 0 amide bonds. The molecule has 0 unspecified atom stereocenters. The van der Waals surface area contributed by atoms with Crippen LogP contribution in [-0.4, -0.2) is 11.5 Å². The van der Waals surface area contributed by atoms with E-state index < -0.39 is 0 Å². The number of benzene rings is 1. The minimum absolute atomic E-state index is 0.682. The molecule has 0 aliphatic rings. The van der Waals surface area contributed by atoms with Gasteiger partial charge in [0.15, 0.2) is 0 Å². The fraction of sp³-hybridized carbons (Fsp3) is 0.438. The predicted molar refractivity (Wildman–Crippen MR) is 83.5 cm³/mol. The van der Waals surface area contributed by atoms with Gasteiger partial charge in [0, 0.05) is 17.5 Å². The van der Waals surface area contributed by atoms with Crippen LogP contribution in [0.2, 0.25) is 0 Å². The Balaban J connectivity index is 1.99. The summed E-state index contributed by atoms with van der Waals surface area (Å²) in [7, 11) is 0. The summed E-state index contributed by atoms with van der Waals surface area (Å²) in [5.74, 6) is 0.682. The molecule has 0 aliphatic heterocycles. The Kier molecular flexibility index (Phi) is 5.11. The highest BCUT2D eigenvalue weighted by atomic mass is 32.1. The number of aryl methyl sites for hydroxylation is 1. The van der Waals surface area contributed by atoms with Gasteiger partial charge in [-0.3, -0.25) is 0 Å². The molecule has 1 heterocycles. The Bertz CT molecular complexity index is 500. The molecule has 1 N–H and O–H groups in total. The van der Waals surface area contributed by atoms with Gasteiger partial charge in [-0.05, 0) is 24.4 Å². The summed E-state index contributed by atoms with van der Waals surface area (Å²) in [6.07, 6.45) is 1.09. The topological polar surface area (TPSA) is 24.9 Å². The van der Waals surface area contributed by atoms with Crippen LogP contribution in [0, 0.1) is 5.92 Å². The quantitative estimate of drug-likeness (QED) is 0.857. The molecule has 0 atom stereocenters. The van der Waals surface area contributed by atoms with Crippen molar-refractivity contribution in [2.24, 2.45) is 5.92 Å². The third-order valence-corrected chi connectivity index (χ3v) is 3.89. The van der Waals surface area contributed by atoms with E-state index in [9.17, 15) is 0 Å². The summed E-state index contributed by atoms with van der Waals surface area (Å²) in [4.78, 5) is 4.69. The van der Waals surface area contributed by atoms with Crippen LogP contribution in [0.3, 0.4) is 0 Å². The highest BCUT2D eigenvalue weighted by molar-refractivity contribution is 7.09. The molecule has 1 aromatic heterocycles. The van der Waals surface area contributed by atoms with Crippen molar-refractivity contribution >= 4 is 11.3 Å². The minimum Gasteiger partial charge on any atom is -0.310 e. The Morgan fingerprint density at radius 3 is 2.58 bits per heavy atom. The fourth-order valence-electron chi connectivity index (χ4n) is 1.90. The molecule has 1 aromatic carbocycles. The van der Waals surface area contributed by atoms with Gasteiger partial charge in [0.05, 0.1) is 5.69 Å².